The number of para-hydroxylation sites is 1. The molecule has 3 heterocycles. The van der Waals surface area contributed by atoms with Gasteiger partial charge in [0, 0.05) is 93.3 Å². The van der Waals surface area contributed by atoms with Crippen LogP contribution in [0, 0.1) is 5.92 Å². The molecular formula is C66H92N16O15S2. The minimum atomic E-state index is -1.59. The standard InChI is InChI=1S/C66H92N16O15S2/c1-37(2)56-65(96)78-48(32-39-18-22-42(97-3)23-19-39)60(91)75-45(13-9-29-72-66(69)70)58(89)71-28-8-4-5-15-53(84)74-49(33-40-34-73-44-12-7-6-11-43(40)44)62(93)76-46(24-25-55(86)87)59(90)79-50(57(68)88)35-98-99-36-51(63(94)81-56)80-61(92)47(31-38-16-20-41(83)21-17-38)77-64(95)52-14-10-30-82(52)54(85)26-27-67/h6-7,11-12,16-23,34,37,45-52,56,73,83H,4-5,8-10,13-15,24-33,35-36,67H2,1-3H3,(H2,68,88)(H,71,89)(H,74,84)(H,75,91)(H,76,93)(H,77,95)(H,78,96)(H,79,90)(H,80,92)(H,81,94)(H,86,87)(H4,69,70,72)/t45-,46-,47-,48-,49-,50-,51-,52-,56-/m0/s1. The van der Waals surface area contributed by atoms with E-state index in [0.29, 0.717) is 48.1 Å². The lowest BCUT2D eigenvalue weighted by Gasteiger charge is -2.29. The van der Waals surface area contributed by atoms with Gasteiger partial charge in [0.05, 0.1) is 7.11 Å². The van der Waals surface area contributed by atoms with Gasteiger partial charge in [-0.1, -0.05) is 84.3 Å². The number of nitrogens with two attached hydrogens (primary N) is 4. The Labute approximate surface area is 580 Å². The van der Waals surface area contributed by atoms with Gasteiger partial charge >= 0.3 is 5.97 Å². The third-order valence-corrected chi connectivity index (χ3v) is 19.0. The van der Waals surface area contributed by atoms with Crippen LogP contribution in [-0.2, 0) is 76.8 Å². The fourth-order valence-electron chi connectivity index (χ4n) is 11.1. The van der Waals surface area contributed by atoms with Gasteiger partial charge in [-0.3, -0.25) is 62.5 Å². The number of fused-ring (bicyclic) bond motifs is 1. The first-order valence-electron chi connectivity index (χ1n) is 32.8. The number of aliphatic carboxylic acids is 1. The number of benzene rings is 3. The zero-order chi connectivity index (χ0) is 72.1. The summed E-state index contributed by atoms with van der Waals surface area (Å²) in [5.74, 6) is -11.1. The van der Waals surface area contributed by atoms with Gasteiger partial charge in [0.1, 0.15) is 65.9 Å². The number of amides is 11. The number of phenolic OH excluding ortho intramolecular Hbond substituents is 1. The minimum absolute atomic E-state index is 0.0280. The van der Waals surface area contributed by atoms with E-state index in [4.69, 9.17) is 27.7 Å². The number of aromatic hydroxyl groups is 1. The van der Waals surface area contributed by atoms with Crippen LogP contribution in [0.3, 0.4) is 0 Å². The number of guanidine groups is 1. The van der Waals surface area contributed by atoms with Crippen molar-refractivity contribution in [3.05, 3.63) is 95.7 Å². The van der Waals surface area contributed by atoms with Crippen molar-refractivity contribution in [3.8, 4) is 11.5 Å². The van der Waals surface area contributed by atoms with E-state index < -0.39 is 138 Å². The molecule has 1 aromatic heterocycles. The molecule has 0 saturated carbocycles. The van der Waals surface area contributed by atoms with E-state index in [2.05, 4.69) is 57.8 Å². The van der Waals surface area contributed by atoms with Gasteiger partial charge in [-0.15, -0.1) is 0 Å². The Morgan fingerprint density at radius 2 is 1.37 bits per heavy atom. The third kappa shape index (κ3) is 25.3. The number of hydrogen-bond donors (Lipinski definition) is 16. The first-order valence-corrected chi connectivity index (χ1v) is 35.3. The van der Waals surface area contributed by atoms with E-state index in [1.54, 1.807) is 50.4 Å². The molecule has 0 spiro atoms. The van der Waals surface area contributed by atoms with Crippen LogP contribution in [-0.4, -0.2) is 196 Å². The molecule has 9 atom stereocenters. The van der Waals surface area contributed by atoms with Crippen molar-refractivity contribution in [3.63, 3.8) is 0 Å². The van der Waals surface area contributed by atoms with Gasteiger partial charge < -0.3 is 95.6 Å². The van der Waals surface area contributed by atoms with Crippen LogP contribution in [0.1, 0.15) is 101 Å². The number of ether oxygens (including phenoxy) is 1. The molecule has 3 aromatic carbocycles. The number of carboxylic acid groups (broad SMARTS) is 1. The number of rotatable bonds is 22. The number of phenols is 1. The number of nitrogens with zero attached hydrogens (tertiary/aromatic N) is 2. The lowest BCUT2D eigenvalue weighted by Crippen LogP contribution is -2.61. The molecule has 0 bridgehead atoms. The third-order valence-electron chi connectivity index (χ3n) is 16.6. The molecule has 4 aromatic rings. The first kappa shape index (κ1) is 78.4. The lowest BCUT2D eigenvalue weighted by molar-refractivity contribution is -0.139. The first-order chi connectivity index (χ1) is 47.3. The summed E-state index contributed by atoms with van der Waals surface area (Å²) in [5, 5.41) is 45.1. The number of H-pyrrole nitrogens is 1. The Morgan fingerprint density at radius 1 is 0.717 bits per heavy atom. The molecule has 99 heavy (non-hydrogen) atoms. The number of carbonyl (C=O) groups excluding carboxylic acids is 11. The number of primary amides is 1. The molecule has 2 aliphatic heterocycles. The summed E-state index contributed by atoms with van der Waals surface area (Å²) < 4.78 is 5.35. The fraction of sp³-hybridized carbons (Fsp3) is 0.500. The summed E-state index contributed by atoms with van der Waals surface area (Å²) in [6.07, 6.45) is 2.10. The summed E-state index contributed by atoms with van der Waals surface area (Å²) in [6, 6.07) is 7.17. The number of aromatic amines is 1. The summed E-state index contributed by atoms with van der Waals surface area (Å²) in [6.45, 7) is 3.71. The number of aromatic nitrogens is 1. The molecule has 20 N–H and O–H groups in total. The Kier molecular flexibility index (Phi) is 31.4. The number of likely N-dealkylation sites (tertiary alicyclic amines) is 1. The molecule has 538 valence electrons. The van der Waals surface area contributed by atoms with E-state index in [1.807, 2.05) is 18.2 Å². The molecule has 11 amide bonds. The minimum Gasteiger partial charge on any atom is -0.508 e. The highest BCUT2D eigenvalue weighted by Crippen LogP contribution is 2.26. The molecule has 2 saturated heterocycles. The molecule has 2 fully saturated rings. The molecule has 2 aliphatic rings. The van der Waals surface area contributed by atoms with Crippen LogP contribution in [0.4, 0.5) is 0 Å². The average molecular weight is 1410 g/mol. The molecule has 6 rings (SSSR count). The molecule has 0 aliphatic carbocycles. The normalized spacial score (nSPS) is 22.0. The Morgan fingerprint density at radius 3 is 2.04 bits per heavy atom. The van der Waals surface area contributed by atoms with Crippen molar-refractivity contribution in [2.45, 2.75) is 158 Å². The van der Waals surface area contributed by atoms with Crippen molar-refractivity contribution in [2.24, 2.45) is 33.8 Å². The van der Waals surface area contributed by atoms with Gasteiger partial charge in [0.2, 0.25) is 65.0 Å². The zero-order valence-corrected chi connectivity index (χ0v) is 57.3. The predicted molar refractivity (Wildman–Crippen MR) is 372 cm³/mol. The van der Waals surface area contributed by atoms with E-state index >= 15 is 4.79 Å². The van der Waals surface area contributed by atoms with Crippen molar-refractivity contribution in [2.75, 3.05) is 44.8 Å². The van der Waals surface area contributed by atoms with Crippen molar-refractivity contribution < 1.29 is 72.5 Å². The topological polar surface area (TPSA) is 498 Å². The van der Waals surface area contributed by atoms with Crippen LogP contribution in [0.2, 0.25) is 0 Å². The maximum absolute atomic E-state index is 15.0. The van der Waals surface area contributed by atoms with E-state index in [9.17, 15) is 63.0 Å². The number of carbonyl (C=O) groups is 12. The number of nitrogens with one attached hydrogen (secondary N) is 10. The molecular weight excluding hydrogens is 1320 g/mol. The van der Waals surface area contributed by atoms with E-state index in [-0.39, 0.29) is 107 Å². The second kappa shape index (κ2) is 39.7. The van der Waals surface area contributed by atoms with Crippen LogP contribution in [0.5, 0.6) is 11.5 Å². The lowest BCUT2D eigenvalue weighted by atomic mass is 10.00. The summed E-state index contributed by atoms with van der Waals surface area (Å²) in [4.78, 5) is 177. The van der Waals surface area contributed by atoms with Crippen LogP contribution < -0.4 is 75.5 Å². The number of methoxy groups -OCH3 is 1. The van der Waals surface area contributed by atoms with E-state index in [1.165, 1.54) is 36.3 Å². The Hall–Kier alpha value is -9.63. The second-order valence-corrected chi connectivity index (χ2v) is 27.0. The van der Waals surface area contributed by atoms with Gasteiger partial charge in [0.15, 0.2) is 5.96 Å². The van der Waals surface area contributed by atoms with Crippen LogP contribution in [0.15, 0.2) is 84.0 Å². The quantitative estimate of drug-likeness (QED) is 0.0199. The van der Waals surface area contributed by atoms with Crippen molar-refractivity contribution in [1.82, 2.24) is 57.7 Å². The smallest absolute Gasteiger partial charge is 0.303 e. The van der Waals surface area contributed by atoms with Gasteiger partial charge in [-0.25, -0.2) is 0 Å². The average Bonchev–Trinajstić information content (AvgIpc) is 1.82. The molecule has 0 radical (unpaired) electrons. The van der Waals surface area contributed by atoms with E-state index in [0.717, 1.165) is 32.5 Å². The Bertz CT molecular complexity index is 3480. The van der Waals surface area contributed by atoms with Crippen LogP contribution in [0.25, 0.3) is 10.9 Å². The fourth-order valence-corrected chi connectivity index (χ4v) is 13.5. The van der Waals surface area contributed by atoms with Crippen molar-refractivity contribution >= 4 is 109 Å². The molecule has 31 nitrogen and oxygen atoms in total. The zero-order valence-electron chi connectivity index (χ0n) is 55.6. The van der Waals surface area contributed by atoms with Gasteiger partial charge in [0.25, 0.3) is 0 Å². The highest BCUT2D eigenvalue weighted by atomic mass is 33.1. The predicted octanol–water partition coefficient (Wildman–Crippen LogP) is -0.741. The van der Waals surface area contributed by atoms with Gasteiger partial charge in [-0.2, -0.15) is 0 Å². The van der Waals surface area contributed by atoms with Crippen LogP contribution >= 0.6 is 21.6 Å². The summed E-state index contributed by atoms with van der Waals surface area (Å²) >= 11 is 0. The number of carboxylic acids is 1. The Balaban J connectivity index is 1.37. The van der Waals surface area contributed by atoms with Crippen molar-refractivity contribution in [1.29, 1.82) is 0 Å². The highest BCUT2D eigenvalue weighted by Gasteiger charge is 2.39. The monoisotopic (exact) mass is 1410 g/mol. The summed E-state index contributed by atoms with van der Waals surface area (Å²) in [5.41, 5.74) is 25.1. The maximum Gasteiger partial charge on any atom is 0.303 e. The molecule has 0 unspecified atom stereocenters. The summed E-state index contributed by atoms with van der Waals surface area (Å²) in [7, 11) is 3.28. The second-order valence-electron chi connectivity index (χ2n) is 24.4. The van der Waals surface area contributed by atoms with Gasteiger partial charge in [-0.05, 0) is 97.9 Å². The largest absolute Gasteiger partial charge is 0.508 e. The number of hydrogen-bond acceptors (Lipinski definition) is 18. The number of aliphatic imine (C=N–C) groups is 1. The maximum atomic E-state index is 15.0. The molecule has 33 heteroatoms. The highest BCUT2D eigenvalue weighted by molar-refractivity contribution is 8.76. The SMILES string of the molecule is COc1ccc(C[C@@H]2NC(=O)[C@H](C(C)C)NC(=O)[C@@H](NC(=O)[C@H](Cc3ccc(O)cc3)NC(=O)[C@@H]3CCCN3C(=O)CCN)CSSC[C@@H](C(N)=O)NC(=O)[C@H](CCC(=O)O)NC(=O)[C@H](Cc3c[nH]c4ccccc34)NC(=O)CCCCCNC(=O)[C@H](CCCN=C(N)N)NC2=O)cc1.